The molecule has 0 fully saturated rings. The summed E-state index contributed by atoms with van der Waals surface area (Å²) in [4.78, 5) is 0.174. The van der Waals surface area contributed by atoms with Crippen LogP contribution in [0.1, 0.15) is 5.69 Å². The van der Waals surface area contributed by atoms with E-state index in [1.165, 1.54) is 22.9 Å². The van der Waals surface area contributed by atoms with Gasteiger partial charge in [0.2, 0.25) is 0 Å². The summed E-state index contributed by atoms with van der Waals surface area (Å²) in [6.45, 7) is 0.163. The van der Waals surface area contributed by atoms with Crippen molar-refractivity contribution in [2.75, 3.05) is 12.8 Å². The van der Waals surface area contributed by atoms with Crippen LogP contribution in [0.4, 0.5) is 4.39 Å². The summed E-state index contributed by atoms with van der Waals surface area (Å²) >= 11 is 0. The Morgan fingerprint density at radius 3 is 2.96 bits per heavy atom. The van der Waals surface area contributed by atoms with Crippen LogP contribution >= 0.6 is 0 Å². The molecule has 7 nitrogen and oxygen atoms in total. The minimum atomic E-state index is -3.29. The molecule has 2 rings (SSSR count). The predicted octanol–water partition coefficient (Wildman–Crippen LogP) is 1.07. The number of nitrogens with zero attached hydrogens (tertiary/aromatic N) is 3. The molecule has 0 aliphatic rings. The Bertz CT molecular complexity index is 802. The SMILES string of the molecule is CS(=O)(=O)c1cccc(OCc2cn(C/C(F)=C/CN)nn2)c1. The van der Waals surface area contributed by atoms with Crippen molar-refractivity contribution < 1.29 is 17.5 Å². The van der Waals surface area contributed by atoms with Gasteiger partial charge in [0.25, 0.3) is 0 Å². The van der Waals surface area contributed by atoms with Crippen LogP contribution in [0, 0.1) is 0 Å². The molecule has 23 heavy (non-hydrogen) atoms. The van der Waals surface area contributed by atoms with Gasteiger partial charge in [-0.1, -0.05) is 11.3 Å². The lowest BCUT2D eigenvalue weighted by Gasteiger charge is -2.05. The van der Waals surface area contributed by atoms with Crippen LogP contribution in [0.25, 0.3) is 0 Å². The first-order chi connectivity index (χ1) is 10.9. The van der Waals surface area contributed by atoms with Crippen molar-refractivity contribution in [3.63, 3.8) is 0 Å². The van der Waals surface area contributed by atoms with E-state index in [1.54, 1.807) is 18.3 Å². The molecular weight excluding hydrogens is 323 g/mol. The molecule has 2 aromatic rings. The number of sulfone groups is 1. The Morgan fingerprint density at radius 2 is 2.26 bits per heavy atom. The molecule has 1 heterocycles. The van der Waals surface area contributed by atoms with Gasteiger partial charge >= 0.3 is 0 Å². The number of rotatable bonds is 7. The molecule has 0 radical (unpaired) electrons. The van der Waals surface area contributed by atoms with Crippen molar-refractivity contribution in [1.29, 1.82) is 0 Å². The Hall–Kier alpha value is -2.26. The minimum absolute atomic E-state index is 0.0479. The Morgan fingerprint density at radius 1 is 1.48 bits per heavy atom. The number of nitrogens with two attached hydrogens (primary N) is 1. The van der Waals surface area contributed by atoms with Gasteiger partial charge in [0.1, 0.15) is 23.9 Å². The summed E-state index contributed by atoms with van der Waals surface area (Å²) in [5.41, 5.74) is 5.71. The number of benzene rings is 1. The summed E-state index contributed by atoms with van der Waals surface area (Å²) in [6, 6.07) is 6.16. The fourth-order valence-electron chi connectivity index (χ4n) is 1.78. The van der Waals surface area contributed by atoms with Gasteiger partial charge in [-0.15, -0.1) is 5.10 Å². The molecule has 0 unspecified atom stereocenters. The number of aromatic nitrogens is 3. The van der Waals surface area contributed by atoms with E-state index in [0.29, 0.717) is 11.4 Å². The summed E-state index contributed by atoms with van der Waals surface area (Å²) < 4.78 is 43.1. The maximum absolute atomic E-state index is 13.3. The smallest absolute Gasteiger partial charge is 0.175 e. The van der Waals surface area contributed by atoms with E-state index >= 15 is 0 Å². The normalized spacial score (nSPS) is 12.4. The van der Waals surface area contributed by atoms with Crippen LogP contribution in [0.2, 0.25) is 0 Å². The summed E-state index contributed by atoms with van der Waals surface area (Å²) in [6.07, 6.45) is 3.93. The summed E-state index contributed by atoms with van der Waals surface area (Å²) in [5, 5.41) is 7.64. The molecule has 0 atom stereocenters. The van der Waals surface area contributed by atoms with E-state index < -0.39 is 15.7 Å². The molecule has 1 aromatic carbocycles. The molecule has 124 valence electrons. The Kier molecular flexibility index (Phi) is 5.45. The van der Waals surface area contributed by atoms with Gasteiger partial charge in [0.15, 0.2) is 9.84 Å². The average molecular weight is 340 g/mol. The van der Waals surface area contributed by atoms with Gasteiger partial charge < -0.3 is 10.5 Å². The average Bonchev–Trinajstić information content (AvgIpc) is 2.92. The third-order valence-corrected chi connectivity index (χ3v) is 3.97. The van der Waals surface area contributed by atoms with E-state index in [9.17, 15) is 12.8 Å². The van der Waals surface area contributed by atoms with Crippen molar-refractivity contribution in [3.8, 4) is 5.75 Å². The van der Waals surface area contributed by atoms with Crippen LogP contribution in [-0.2, 0) is 23.0 Å². The fraction of sp³-hybridized carbons (Fsp3) is 0.286. The molecule has 0 aliphatic heterocycles. The number of halogens is 1. The molecule has 0 bridgehead atoms. The topological polar surface area (TPSA) is 100 Å². The monoisotopic (exact) mass is 340 g/mol. The maximum Gasteiger partial charge on any atom is 0.175 e. The summed E-state index contributed by atoms with van der Waals surface area (Å²) in [7, 11) is -3.29. The first kappa shape index (κ1) is 17.1. The lowest BCUT2D eigenvalue weighted by molar-refractivity contribution is 0.300. The Balaban J connectivity index is 1.99. The number of hydrogen-bond donors (Lipinski definition) is 1. The number of hydrogen-bond acceptors (Lipinski definition) is 6. The second kappa shape index (κ2) is 7.34. The largest absolute Gasteiger partial charge is 0.487 e. The highest BCUT2D eigenvalue weighted by Crippen LogP contribution is 2.18. The maximum atomic E-state index is 13.3. The van der Waals surface area contributed by atoms with E-state index in [0.717, 1.165) is 6.26 Å². The summed E-state index contributed by atoms with van der Waals surface area (Å²) in [5.74, 6) is 0.00223. The lowest BCUT2D eigenvalue weighted by Crippen LogP contribution is -2.02. The highest BCUT2D eigenvalue weighted by Gasteiger charge is 2.09. The van der Waals surface area contributed by atoms with Crippen molar-refractivity contribution in [3.05, 3.63) is 48.1 Å². The standard InChI is InChI=1S/C14H17FN4O3S/c1-23(20,21)14-4-2-3-13(7-14)22-10-12-9-19(18-17-12)8-11(15)5-6-16/h2-5,7,9H,6,8,10,16H2,1H3/b11-5-. The second-order valence-electron chi connectivity index (χ2n) is 4.83. The van der Waals surface area contributed by atoms with Crippen LogP contribution in [-0.4, -0.2) is 36.2 Å². The van der Waals surface area contributed by atoms with E-state index in [1.807, 2.05) is 0 Å². The minimum Gasteiger partial charge on any atom is -0.487 e. The molecule has 0 amide bonds. The number of allylic oxidation sites excluding steroid dienone is 1. The molecule has 0 spiro atoms. The third-order valence-electron chi connectivity index (χ3n) is 2.86. The zero-order valence-corrected chi connectivity index (χ0v) is 13.3. The first-order valence-electron chi connectivity index (χ1n) is 6.75. The second-order valence-corrected chi connectivity index (χ2v) is 6.85. The van der Waals surface area contributed by atoms with Gasteiger partial charge in [-0.25, -0.2) is 17.5 Å². The quantitative estimate of drug-likeness (QED) is 0.809. The van der Waals surface area contributed by atoms with Gasteiger partial charge in [0.05, 0.1) is 17.6 Å². The zero-order chi connectivity index (χ0) is 16.9. The van der Waals surface area contributed by atoms with E-state index in [4.69, 9.17) is 10.5 Å². The van der Waals surface area contributed by atoms with Gasteiger partial charge in [-0.3, -0.25) is 0 Å². The molecular formula is C14H17FN4O3S. The van der Waals surface area contributed by atoms with Crippen LogP contribution in [0.5, 0.6) is 5.75 Å². The Labute approximate surface area is 133 Å². The third kappa shape index (κ3) is 5.15. The van der Waals surface area contributed by atoms with Crippen molar-refractivity contribution in [1.82, 2.24) is 15.0 Å². The van der Waals surface area contributed by atoms with E-state index in [-0.39, 0.29) is 24.6 Å². The van der Waals surface area contributed by atoms with E-state index in [2.05, 4.69) is 10.3 Å². The molecule has 0 aliphatic carbocycles. The fourth-order valence-corrected chi connectivity index (χ4v) is 2.44. The van der Waals surface area contributed by atoms with Gasteiger partial charge in [-0.05, 0) is 24.3 Å². The van der Waals surface area contributed by atoms with Gasteiger partial charge in [0, 0.05) is 12.8 Å². The van der Waals surface area contributed by atoms with Gasteiger partial charge in [-0.2, -0.15) is 0 Å². The lowest BCUT2D eigenvalue weighted by atomic mass is 10.3. The van der Waals surface area contributed by atoms with Crippen LogP contribution in [0.3, 0.4) is 0 Å². The van der Waals surface area contributed by atoms with Crippen LogP contribution < -0.4 is 10.5 Å². The molecule has 0 saturated carbocycles. The highest BCUT2D eigenvalue weighted by atomic mass is 32.2. The highest BCUT2D eigenvalue weighted by molar-refractivity contribution is 7.90. The van der Waals surface area contributed by atoms with Crippen LogP contribution in [0.15, 0.2) is 47.3 Å². The van der Waals surface area contributed by atoms with Crippen molar-refractivity contribution in [2.24, 2.45) is 5.73 Å². The molecule has 2 N–H and O–H groups in total. The predicted molar refractivity (Wildman–Crippen MR) is 82.2 cm³/mol. The molecule has 9 heteroatoms. The zero-order valence-electron chi connectivity index (χ0n) is 12.5. The first-order valence-corrected chi connectivity index (χ1v) is 8.64. The molecule has 1 aromatic heterocycles. The number of ether oxygens (including phenoxy) is 1. The van der Waals surface area contributed by atoms with Crippen molar-refractivity contribution in [2.45, 2.75) is 18.0 Å². The molecule has 0 saturated heterocycles. The van der Waals surface area contributed by atoms with Crippen molar-refractivity contribution >= 4 is 9.84 Å².